The van der Waals surface area contributed by atoms with Crippen LogP contribution in [0.5, 0.6) is 0 Å². The quantitative estimate of drug-likeness (QED) is 0.736. The molecule has 27 heavy (non-hydrogen) atoms. The number of benzene rings is 2. The number of hydrogen-bond donors (Lipinski definition) is 1. The standard InChI is InChI=1S/C20H15ClFN3O2/c21-14-6-8-16(9-7-14)25-18(17-5-2-10-24(17)20(25)27)19(26)23-12-13-3-1-4-15(22)11-13/h1-11,18H,12H2,(H,23,26). The molecule has 2 amide bonds. The maximum atomic E-state index is 13.3. The van der Waals surface area contributed by atoms with E-state index in [-0.39, 0.29) is 24.3 Å². The number of anilines is 1. The van der Waals surface area contributed by atoms with Crippen LogP contribution in [0.4, 0.5) is 14.9 Å². The number of fused-ring (bicyclic) bond motifs is 1. The molecular weight excluding hydrogens is 369 g/mol. The predicted molar refractivity (Wildman–Crippen MR) is 100 cm³/mol. The summed E-state index contributed by atoms with van der Waals surface area (Å²) < 4.78 is 14.8. The molecule has 0 saturated heterocycles. The van der Waals surface area contributed by atoms with Crippen molar-refractivity contribution in [2.75, 3.05) is 4.90 Å². The summed E-state index contributed by atoms with van der Waals surface area (Å²) in [6.07, 6.45) is 1.63. The summed E-state index contributed by atoms with van der Waals surface area (Å²) in [5.74, 6) is -0.713. The molecule has 1 aliphatic heterocycles. The summed E-state index contributed by atoms with van der Waals surface area (Å²) in [5, 5.41) is 3.33. The molecule has 0 bridgehead atoms. The van der Waals surface area contributed by atoms with Crippen LogP contribution in [-0.2, 0) is 11.3 Å². The third-order valence-electron chi connectivity index (χ3n) is 4.44. The fraction of sp³-hybridized carbons (Fsp3) is 0.100. The van der Waals surface area contributed by atoms with Crippen LogP contribution in [0.1, 0.15) is 17.3 Å². The van der Waals surface area contributed by atoms with Gasteiger partial charge >= 0.3 is 6.03 Å². The molecule has 5 nitrogen and oxygen atoms in total. The fourth-order valence-corrected chi connectivity index (χ4v) is 3.32. The van der Waals surface area contributed by atoms with Crippen molar-refractivity contribution in [1.29, 1.82) is 0 Å². The zero-order valence-electron chi connectivity index (χ0n) is 14.1. The molecule has 1 aliphatic rings. The van der Waals surface area contributed by atoms with E-state index in [9.17, 15) is 14.0 Å². The molecule has 0 spiro atoms. The number of halogens is 2. The molecule has 2 aromatic carbocycles. The second-order valence-electron chi connectivity index (χ2n) is 6.18. The van der Waals surface area contributed by atoms with E-state index in [4.69, 9.17) is 11.6 Å². The van der Waals surface area contributed by atoms with Gasteiger partial charge < -0.3 is 5.32 Å². The molecule has 0 fully saturated rings. The van der Waals surface area contributed by atoms with Crippen LogP contribution in [0.15, 0.2) is 66.9 Å². The minimum Gasteiger partial charge on any atom is -0.350 e. The van der Waals surface area contributed by atoms with Gasteiger partial charge in [0.1, 0.15) is 5.82 Å². The number of nitrogens with zero attached hydrogens (tertiary/aromatic N) is 2. The monoisotopic (exact) mass is 383 g/mol. The molecule has 136 valence electrons. The van der Waals surface area contributed by atoms with Crippen LogP contribution in [0.3, 0.4) is 0 Å². The van der Waals surface area contributed by atoms with Gasteiger partial charge in [0.25, 0.3) is 0 Å². The highest BCUT2D eigenvalue weighted by molar-refractivity contribution is 6.30. The second-order valence-corrected chi connectivity index (χ2v) is 6.62. The number of carbonyl (C=O) groups is 2. The number of aromatic nitrogens is 1. The Morgan fingerprint density at radius 3 is 2.63 bits per heavy atom. The maximum absolute atomic E-state index is 13.3. The fourth-order valence-electron chi connectivity index (χ4n) is 3.20. The zero-order chi connectivity index (χ0) is 19.0. The van der Waals surface area contributed by atoms with Crippen LogP contribution in [0.2, 0.25) is 5.02 Å². The highest BCUT2D eigenvalue weighted by Crippen LogP contribution is 2.35. The molecule has 0 radical (unpaired) electrons. The smallest absolute Gasteiger partial charge is 0.333 e. The van der Waals surface area contributed by atoms with Gasteiger partial charge in [0.2, 0.25) is 5.91 Å². The topological polar surface area (TPSA) is 54.3 Å². The van der Waals surface area contributed by atoms with Gasteiger partial charge in [-0.15, -0.1) is 0 Å². The Bertz CT molecular complexity index is 1020. The minimum absolute atomic E-state index is 0.163. The van der Waals surface area contributed by atoms with Gasteiger partial charge in [0.05, 0.1) is 5.69 Å². The van der Waals surface area contributed by atoms with Crippen molar-refractivity contribution >= 4 is 29.2 Å². The van der Waals surface area contributed by atoms with Crippen LogP contribution in [0.25, 0.3) is 0 Å². The lowest BCUT2D eigenvalue weighted by atomic mass is 10.1. The van der Waals surface area contributed by atoms with Crippen molar-refractivity contribution in [2.45, 2.75) is 12.6 Å². The third kappa shape index (κ3) is 3.19. The Balaban J connectivity index is 1.62. The lowest BCUT2D eigenvalue weighted by Crippen LogP contribution is -2.39. The average molecular weight is 384 g/mol. The van der Waals surface area contributed by atoms with Crippen molar-refractivity contribution in [2.24, 2.45) is 0 Å². The van der Waals surface area contributed by atoms with Gasteiger partial charge in [0.15, 0.2) is 6.04 Å². The van der Waals surface area contributed by atoms with Crippen molar-refractivity contribution in [3.63, 3.8) is 0 Å². The molecule has 1 N–H and O–H groups in total. The molecule has 1 unspecified atom stereocenters. The van der Waals surface area contributed by atoms with Crippen molar-refractivity contribution in [3.8, 4) is 0 Å². The average Bonchev–Trinajstić information content (AvgIpc) is 3.23. The molecule has 0 aliphatic carbocycles. The predicted octanol–water partition coefficient (Wildman–Crippen LogP) is 4.13. The van der Waals surface area contributed by atoms with Gasteiger partial charge in [-0.1, -0.05) is 23.7 Å². The number of nitrogens with one attached hydrogen (secondary N) is 1. The van der Waals surface area contributed by atoms with E-state index in [0.717, 1.165) is 0 Å². The number of amides is 2. The molecule has 3 aromatic rings. The Hall–Kier alpha value is -3.12. The molecule has 1 aromatic heterocycles. The zero-order valence-corrected chi connectivity index (χ0v) is 14.9. The van der Waals surface area contributed by atoms with Crippen molar-refractivity contribution in [3.05, 3.63) is 89.0 Å². The lowest BCUT2D eigenvalue weighted by molar-refractivity contribution is -0.122. The first-order valence-corrected chi connectivity index (χ1v) is 8.71. The summed E-state index contributed by atoms with van der Waals surface area (Å²) in [6, 6.07) is 15.1. The summed E-state index contributed by atoms with van der Waals surface area (Å²) in [6.45, 7) is 0.163. The first-order valence-electron chi connectivity index (χ1n) is 8.33. The summed E-state index contributed by atoms with van der Waals surface area (Å²) in [5.41, 5.74) is 1.78. The van der Waals surface area contributed by atoms with E-state index in [1.54, 1.807) is 54.7 Å². The third-order valence-corrected chi connectivity index (χ3v) is 4.69. The Labute approximate surface area is 160 Å². The summed E-state index contributed by atoms with van der Waals surface area (Å²) in [4.78, 5) is 27.1. The Morgan fingerprint density at radius 2 is 1.89 bits per heavy atom. The molecule has 4 rings (SSSR count). The molecule has 1 atom stereocenters. The lowest BCUT2D eigenvalue weighted by Gasteiger charge is -2.23. The van der Waals surface area contributed by atoms with E-state index in [1.807, 2.05) is 0 Å². The van der Waals surface area contributed by atoms with Crippen LogP contribution < -0.4 is 10.2 Å². The van der Waals surface area contributed by atoms with Gasteiger partial charge in [-0.2, -0.15) is 0 Å². The number of hydrogen-bond acceptors (Lipinski definition) is 2. The highest BCUT2D eigenvalue weighted by atomic mass is 35.5. The molecule has 7 heteroatoms. The number of carbonyl (C=O) groups excluding carboxylic acids is 2. The SMILES string of the molecule is O=C(NCc1cccc(F)c1)C1c2cccn2C(=O)N1c1ccc(Cl)cc1. The summed E-state index contributed by atoms with van der Waals surface area (Å²) in [7, 11) is 0. The normalized spacial score (nSPS) is 15.7. The highest BCUT2D eigenvalue weighted by Gasteiger charge is 2.41. The van der Waals surface area contributed by atoms with Crippen LogP contribution in [-0.4, -0.2) is 16.5 Å². The van der Waals surface area contributed by atoms with Crippen LogP contribution in [0, 0.1) is 5.82 Å². The van der Waals surface area contributed by atoms with Gasteiger partial charge in [-0.05, 0) is 54.1 Å². The maximum Gasteiger partial charge on any atom is 0.333 e. The largest absolute Gasteiger partial charge is 0.350 e. The van der Waals surface area contributed by atoms with Crippen molar-refractivity contribution < 1.29 is 14.0 Å². The minimum atomic E-state index is -0.817. The molecule has 0 saturated carbocycles. The number of rotatable bonds is 4. The van der Waals surface area contributed by atoms with E-state index in [2.05, 4.69) is 5.32 Å². The Morgan fingerprint density at radius 1 is 1.11 bits per heavy atom. The van der Waals surface area contributed by atoms with Gasteiger partial charge in [-0.3, -0.25) is 14.3 Å². The van der Waals surface area contributed by atoms with Gasteiger partial charge in [0, 0.05) is 23.5 Å². The van der Waals surface area contributed by atoms with E-state index >= 15 is 0 Å². The van der Waals surface area contributed by atoms with E-state index in [0.29, 0.717) is 22.0 Å². The van der Waals surface area contributed by atoms with E-state index in [1.165, 1.54) is 21.6 Å². The second kappa shape index (κ2) is 6.89. The van der Waals surface area contributed by atoms with E-state index < -0.39 is 6.04 Å². The van der Waals surface area contributed by atoms with Crippen LogP contribution >= 0.6 is 11.6 Å². The molecule has 2 heterocycles. The van der Waals surface area contributed by atoms with Gasteiger partial charge in [-0.25, -0.2) is 9.18 Å². The first-order chi connectivity index (χ1) is 13.0. The summed E-state index contributed by atoms with van der Waals surface area (Å²) >= 11 is 5.93. The molecular formula is C20H15ClFN3O2. The first kappa shape index (κ1) is 17.3. The Kier molecular flexibility index (Phi) is 4.41. The van der Waals surface area contributed by atoms with Crippen molar-refractivity contribution in [1.82, 2.24) is 9.88 Å².